The van der Waals surface area contributed by atoms with Crippen LogP contribution >= 0.6 is 15.9 Å². The van der Waals surface area contributed by atoms with E-state index in [1.165, 1.54) is 5.56 Å². The third kappa shape index (κ3) is 3.84. The predicted octanol–water partition coefficient (Wildman–Crippen LogP) is 3.99. The van der Waals surface area contributed by atoms with Gasteiger partial charge in [0.2, 0.25) is 5.91 Å². The van der Waals surface area contributed by atoms with Gasteiger partial charge in [-0.1, -0.05) is 46.3 Å². The lowest BCUT2D eigenvalue weighted by Crippen LogP contribution is -2.19. The average Bonchev–Trinajstić information content (AvgIpc) is 2.70. The lowest BCUT2D eigenvalue weighted by atomic mass is 9.90. The van der Waals surface area contributed by atoms with Crippen molar-refractivity contribution in [1.29, 1.82) is 0 Å². The third-order valence-corrected chi connectivity index (χ3v) is 5.45. The number of aliphatic hydroxyl groups excluding tert-OH is 1. The Kier molecular flexibility index (Phi) is 5.24. The molecule has 0 saturated carbocycles. The zero-order valence-electron chi connectivity index (χ0n) is 15.5. The first-order valence-corrected chi connectivity index (χ1v) is 9.97. The van der Waals surface area contributed by atoms with Crippen molar-refractivity contribution >= 4 is 27.7 Å². The van der Waals surface area contributed by atoms with E-state index in [0.717, 1.165) is 45.4 Å². The van der Waals surface area contributed by atoms with E-state index in [-0.39, 0.29) is 18.9 Å². The number of anilines is 1. The zero-order chi connectivity index (χ0) is 19.7. The van der Waals surface area contributed by atoms with Crippen molar-refractivity contribution in [2.75, 3.05) is 5.32 Å². The molecule has 1 aromatic heterocycles. The summed E-state index contributed by atoms with van der Waals surface area (Å²) >= 11 is 3.40. The summed E-state index contributed by atoms with van der Waals surface area (Å²) in [4.78, 5) is 21.9. The summed E-state index contributed by atoms with van der Waals surface area (Å²) in [6.45, 7) is 1.90. The van der Waals surface area contributed by atoms with Gasteiger partial charge in [0.25, 0.3) is 0 Å². The van der Waals surface area contributed by atoms with Crippen LogP contribution in [-0.4, -0.2) is 21.0 Å². The summed E-state index contributed by atoms with van der Waals surface area (Å²) in [7, 11) is 0. The van der Waals surface area contributed by atoms with Gasteiger partial charge in [-0.05, 0) is 48.6 Å². The number of carbonyl (C=O) groups excluding carboxylic acids is 1. The lowest BCUT2D eigenvalue weighted by molar-refractivity contribution is -0.115. The van der Waals surface area contributed by atoms with Crippen LogP contribution in [0.15, 0.2) is 46.9 Å². The molecule has 1 aliphatic carbocycles. The van der Waals surface area contributed by atoms with Gasteiger partial charge in [0, 0.05) is 10.0 Å². The van der Waals surface area contributed by atoms with Crippen LogP contribution in [0.25, 0.3) is 11.3 Å². The molecule has 0 atom stereocenters. The second-order valence-electron chi connectivity index (χ2n) is 6.95. The number of aliphatic hydroxyl groups is 1. The molecular weight excluding hydrogens is 418 g/mol. The van der Waals surface area contributed by atoms with Gasteiger partial charge in [-0.15, -0.1) is 0 Å². The number of fused-ring (bicyclic) bond motifs is 3. The molecule has 6 heteroatoms. The SMILES string of the molecule is Cc1nc2c(nc1NC(=O)Cc1ccc(Br)cc1)CCc1cc(CO)ccc1-2. The molecule has 2 aromatic carbocycles. The molecule has 142 valence electrons. The normalized spacial score (nSPS) is 12.2. The van der Waals surface area contributed by atoms with E-state index >= 15 is 0 Å². The lowest BCUT2D eigenvalue weighted by Gasteiger charge is -2.20. The number of aryl methyl sites for hydroxylation is 3. The molecule has 0 unspecified atom stereocenters. The number of carbonyl (C=O) groups is 1. The van der Waals surface area contributed by atoms with Gasteiger partial charge in [0.05, 0.1) is 30.1 Å². The van der Waals surface area contributed by atoms with E-state index in [4.69, 9.17) is 9.97 Å². The number of nitrogens with zero attached hydrogens (tertiary/aromatic N) is 2. The Morgan fingerprint density at radius 3 is 2.61 bits per heavy atom. The quantitative estimate of drug-likeness (QED) is 0.646. The van der Waals surface area contributed by atoms with Crippen molar-refractivity contribution < 1.29 is 9.90 Å². The molecular formula is C22H20BrN3O2. The maximum absolute atomic E-state index is 12.4. The third-order valence-electron chi connectivity index (χ3n) is 4.92. The Balaban J connectivity index is 1.57. The maximum atomic E-state index is 12.4. The fourth-order valence-corrected chi connectivity index (χ4v) is 3.73. The minimum absolute atomic E-state index is 0.0359. The highest BCUT2D eigenvalue weighted by molar-refractivity contribution is 9.10. The molecule has 0 radical (unpaired) electrons. The van der Waals surface area contributed by atoms with Gasteiger partial charge in [-0.2, -0.15) is 0 Å². The smallest absolute Gasteiger partial charge is 0.229 e. The first kappa shape index (κ1) is 18.8. The molecule has 1 heterocycles. The number of aromatic nitrogens is 2. The van der Waals surface area contributed by atoms with Gasteiger partial charge in [0.15, 0.2) is 5.82 Å². The topological polar surface area (TPSA) is 75.1 Å². The zero-order valence-corrected chi connectivity index (χ0v) is 17.1. The van der Waals surface area contributed by atoms with Crippen LogP contribution in [0.3, 0.4) is 0 Å². The fourth-order valence-electron chi connectivity index (χ4n) is 3.46. The Labute approximate surface area is 172 Å². The van der Waals surface area contributed by atoms with Crippen LogP contribution in [0.1, 0.15) is 28.1 Å². The molecule has 28 heavy (non-hydrogen) atoms. The molecule has 0 aliphatic heterocycles. The standard InChI is InChI=1S/C22H20BrN3O2/c1-13-22(26-20(28)11-14-2-6-17(23)7-3-14)25-19-9-5-16-10-15(12-27)4-8-18(16)21(19)24-13/h2-4,6-8,10,27H,5,9,11-12H2,1H3,(H,25,26,28). The molecule has 2 N–H and O–H groups in total. The summed E-state index contributed by atoms with van der Waals surface area (Å²) in [6, 6.07) is 13.6. The number of nitrogens with one attached hydrogen (secondary N) is 1. The number of amides is 1. The monoisotopic (exact) mass is 437 g/mol. The van der Waals surface area contributed by atoms with E-state index in [9.17, 15) is 9.90 Å². The van der Waals surface area contributed by atoms with Crippen molar-refractivity contribution in [3.05, 3.63) is 75.0 Å². The second-order valence-corrected chi connectivity index (χ2v) is 7.87. The van der Waals surface area contributed by atoms with Crippen LogP contribution in [0, 0.1) is 6.92 Å². The van der Waals surface area contributed by atoms with Crippen LogP contribution in [-0.2, 0) is 30.7 Å². The van der Waals surface area contributed by atoms with Crippen molar-refractivity contribution in [2.45, 2.75) is 32.8 Å². The summed E-state index contributed by atoms with van der Waals surface area (Å²) in [5.74, 6) is 0.416. The molecule has 1 amide bonds. The molecule has 0 spiro atoms. The number of hydrogen-bond acceptors (Lipinski definition) is 4. The van der Waals surface area contributed by atoms with Crippen molar-refractivity contribution in [3.8, 4) is 11.3 Å². The number of rotatable bonds is 4. The second kappa shape index (κ2) is 7.81. The Morgan fingerprint density at radius 1 is 1.11 bits per heavy atom. The van der Waals surface area contributed by atoms with Crippen molar-refractivity contribution in [2.24, 2.45) is 0 Å². The highest BCUT2D eigenvalue weighted by Gasteiger charge is 2.21. The minimum atomic E-state index is -0.108. The molecule has 3 aromatic rings. The van der Waals surface area contributed by atoms with E-state index in [1.807, 2.05) is 49.4 Å². The fraction of sp³-hybridized carbons (Fsp3) is 0.227. The average molecular weight is 438 g/mol. The first-order chi connectivity index (χ1) is 13.5. The van der Waals surface area contributed by atoms with Crippen molar-refractivity contribution in [1.82, 2.24) is 9.97 Å². The molecule has 5 nitrogen and oxygen atoms in total. The van der Waals surface area contributed by atoms with Crippen LogP contribution in [0.4, 0.5) is 5.82 Å². The Hall–Kier alpha value is -2.57. The molecule has 0 bridgehead atoms. The molecule has 4 rings (SSSR count). The van der Waals surface area contributed by atoms with E-state index < -0.39 is 0 Å². The maximum Gasteiger partial charge on any atom is 0.229 e. The molecule has 1 aliphatic rings. The van der Waals surface area contributed by atoms with Gasteiger partial charge in [0.1, 0.15) is 0 Å². The van der Waals surface area contributed by atoms with Crippen LogP contribution < -0.4 is 5.32 Å². The van der Waals surface area contributed by atoms with Gasteiger partial charge in [-0.25, -0.2) is 9.97 Å². The largest absolute Gasteiger partial charge is 0.392 e. The highest BCUT2D eigenvalue weighted by atomic mass is 79.9. The minimum Gasteiger partial charge on any atom is -0.392 e. The Morgan fingerprint density at radius 2 is 1.86 bits per heavy atom. The van der Waals surface area contributed by atoms with Gasteiger partial charge in [-0.3, -0.25) is 4.79 Å². The van der Waals surface area contributed by atoms with Gasteiger partial charge < -0.3 is 10.4 Å². The summed E-state index contributed by atoms with van der Waals surface area (Å²) in [5, 5.41) is 12.3. The molecule has 0 saturated heterocycles. The van der Waals surface area contributed by atoms with Crippen LogP contribution in [0.2, 0.25) is 0 Å². The van der Waals surface area contributed by atoms with E-state index in [0.29, 0.717) is 11.5 Å². The van der Waals surface area contributed by atoms with E-state index in [1.54, 1.807) is 0 Å². The number of halogens is 1. The van der Waals surface area contributed by atoms with E-state index in [2.05, 4.69) is 21.2 Å². The number of hydrogen-bond donors (Lipinski definition) is 2. The number of benzene rings is 2. The predicted molar refractivity (Wildman–Crippen MR) is 112 cm³/mol. The van der Waals surface area contributed by atoms with Crippen LogP contribution in [0.5, 0.6) is 0 Å². The first-order valence-electron chi connectivity index (χ1n) is 9.18. The summed E-state index contributed by atoms with van der Waals surface area (Å²) in [5.41, 5.74) is 6.55. The summed E-state index contributed by atoms with van der Waals surface area (Å²) in [6.07, 6.45) is 1.90. The van der Waals surface area contributed by atoms with Crippen molar-refractivity contribution in [3.63, 3.8) is 0 Å². The van der Waals surface area contributed by atoms with Gasteiger partial charge >= 0.3 is 0 Å². The highest BCUT2D eigenvalue weighted by Crippen LogP contribution is 2.33. The summed E-state index contributed by atoms with van der Waals surface area (Å²) < 4.78 is 0.986. The molecule has 0 fully saturated rings. The Bertz CT molecular complexity index is 1050.